The summed E-state index contributed by atoms with van der Waals surface area (Å²) in [5.41, 5.74) is 1.17. The van der Waals surface area contributed by atoms with Gasteiger partial charge in [0, 0.05) is 31.9 Å². The van der Waals surface area contributed by atoms with E-state index in [-0.39, 0.29) is 5.91 Å². The maximum Gasteiger partial charge on any atom is 0.233 e. The molecule has 1 aliphatic rings. The fraction of sp³-hybridized carbons (Fsp3) is 0.438. The third-order valence-corrected chi connectivity index (χ3v) is 6.97. The van der Waals surface area contributed by atoms with Crippen LogP contribution in [0.4, 0.5) is 5.69 Å². The first-order valence-electron chi connectivity index (χ1n) is 7.86. The normalized spacial score (nSPS) is 14.6. The molecule has 0 N–H and O–H groups in total. The quantitative estimate of drug-likeness (QED) is 0.696. The van der Waals surface area contributed by atoms with Gasteiger partial charge in [-0.05, 0) is 30.5 Å². The summed E-state index contributed by atoms with van der Waals surface area (Å²) >= 11 is 4.58. The van der Waals surface area contributed by atoms with Crippen LogP contribution >= 0.6 is 34.9 Å². The summed E-state index contributed by atoms with van der Waals surface area (Å²) in [4.78, 5) is 16.6. The van der Waals surface area contributed by atoms with Crippen LogP contribution in [0.5, 0.6) is 5.75 Å². The molecule has 0 aliphatic carbocycles. The van der Waals surface area contributed by atoms with Gasteiger partial charge in [0.05, 0.1) is 12.9 Å². The smallest absolute Gasteiger partial charge is 0.233 e. The molecule has 0 atom stereocenters. The van der Waals surface area contributed by atoms with Crippen molar-refractivity contribution in [1.82, 2.24) is 15.1 Å². The zero-order valence-electron chi connectivity index (χ0n) is 14.2. The van der Waals surface area contributed by atoms with E-state index in [2.05, 4.69) is 27.2 Å². The molecule has 2 aromatic rings. The Morgan fingerprint density at radius 3 is 2.44 bits per heavy atom. The molecule has 3 rings (SSSR count). The first-order valence-corrected chi connectivity index (χ1v) is 10.9. The minimum absolute atomic E-state index is 0.167. The summed E-state index contributed by atoms with van der Waals surface area (Å²) in [5.74, 6) is 1.45. The lowest BCUT2D eigenvalue weighted by Crippen LogP contribution is -2.49. The monoisotopic (exact) mass is 396 g/mol. The first kappa shape index (κ1) is 18.3. The van der Waals surface area contributed by atoms with Gasteiger partial charge in [-0.2, -0.15) is 0 Å². The van der Waals surface area contributed by atoms with Gasteiger partial charge in [-0.1, -0.05) is 34.9 Å². The van der Waals surface area contributed by atoms with Crippen LogP contribution in [-0.4, -0.2) is 66.3 Å². The standard InChI is InChI=1S/C16H20N4O2S3/c1-22-13-5-3-12(4-6-13)19-7-9-20(10-8-19)14(21)11-24-16-18-17-15(23-2)25-16/h3-6H,7-11H2,1-2H3. The lowest BCUT2D eigenvalue weighted by atomic mass is 10.2. The average Bonchev–Trinajstić information content (AvgIpc) is 3.14. The van der Waals surface area contributed by atoms with Crippen LogP contribution in [0.2, 0.25) is 0 Å². The van der Waals surface area contributed by atoms with E-state index < -0.39 is 0 Å². The van der Waals surface area contributed by atoms with Gasteiger partial charge in [0.15, 0.2) is 8.68 Å². The number of rotatable bonds is 6. The SMILES string of the molecule is COc1ccc(N2CCN(C(=O)CSc3nnc(SC)s3)CC2)cc1. The van der Waals surface area contributed by atoms with E-state index >= 15 is 0 Å². The van der Waals surface area contributed by atoms with Gasteiger partial charge in [0.2, 0.25) is 5.91 Å². The molecule has 1 aliphatic heterocycles. The summed E-state index contributed by atoms with van der Waals surface area (Å²) in [6, 6.07) is 8.05. The Hall–Kier alpha value is -1.45. The zero-order chi connectivity index (χ0) is 17.6. The molecular weight excluding hydrogens is 376 g/mol. The molecular formula is C16H20N4O2S3. The van der Waals surface area contributed by atoms with Crippen molar-refractivity contribution in [1.29, 1.82) is 0 Å². The Balaban J connectivity index is 1.46. The van der Waals surface area contributed by atoms with Gasteiger partial charge in [0.1, 0.15) is 5.75 Å². The van der Waals surface area contributed by atoms with Crippen molar-refractivity contribution in [3.63, 3.8) is 0 Å². The molecule has 6 nitrogen and oxygen atoms in total. The number of hydrogen-bond donors (Lipinski definition) is 0. The molecule has 0 unspecified atom stereocenters. The van der Waals surface area contributed by atoms with Gasteiger partial charge >= 0.3 is 0 Å². The first-order chi connectivity index (χ1) is 12.2. The van der Waals surface area contributed by atoms with Crippen LogP contribution < -0.4 is 9.64 Å². The Kier molecular flexibility index (Phi) is 6.44. The number of benzene rings is 1. The average molecular weight is 397 g/mol. The van der Waals surface area contributed by atoms with Crippen molar-refractivity contribution in [2.45, 2.75) is 8.68 Å². The molecule has 134 valence electrons. The van der Waals surface area contributed by atoms with E-state index in [9.17, 15) is 4.79 Å². The Bertz CT molecular complexity index is 700. The number of hydrogen-bond acceptors (Lipinski definition) is 8. The zero-order valence-corrected chi connectivity index (χ0v) is 16.6. The third kappa shape index (κ3) is 4.80. The topological polar surface area (TPSA) is 58.6 Å². The summed E-state index contributed by atoms with van der Waals surface area (Å²) < 4.78 is 6.98. The predicted octanol–water partition coefficient (Wildman–Crippen LogP) is 2.71. The molecule has 2 heterocycles. The maximum absolute atomic E-state index is 12.4. The van der Waals surface area contributed by atoms with Crippen LogP contribution in [0.25, 0.3) is 0 Å². The van der Waals surface area contributed by atoms with Gasteiger partial charge in [0.25, 0.3) is 0 Å². The Morgan fingerprint density at radius 1 is 1.16 bits per heavy atom. The highest BCUT2D eigenvalue weighted by atomic mass is 32.2. The van der Waals surface area contributed by atoms with Crippen LogP contribution in [0.3, 0.4) is 0 Å². The van der Waals surface area contributed by atoms with Crippen molar-refractivity contribution in [3.05, 3.63) is 24.3 Å². The molecule has 0 saturated carbocycles. The van der Waals surface area contributed by atoms with Gasteiger partial charge in [-0.3, -0.25) is 4.79 Å². The lowest BCUT2D eigenvalue weighted by molar-refractivity contribution is -0.128. The summed E-state index contributed by atoms with van der Waals surface area (Å²) in [6.07, 6.45) is 1.97. The van der Waals surface area contributed by atoms with Crippen LogP contribution in [-0.2, 0) is 4.79 Å². The fourth-order valence-electron chi connectivity index (χ4n) is 2.56. The van der Waals surface area contributed by atoms with Gasteiger partial charge in [-0.15, -0.1) is 10.2 Å². The highest BCUT2D eigenvalue weighted by molar-refractivity contribution is 8.03. The number of carbonyl (C=O) groups is 1. The second-order valence-electron chi connectivity index (χ2n) is 5.39. The number of carbonyl (C=O) groups excluding carboxylic acids is 1. The highest BCUT2D eigenvalue weighted by Gasteiger charge is 2.21. The number of piperazine rings is 1. The minimum atomic E-state index is 0.167. The van der Waals surface area contributed by atoms with Crippen molar-refractivity contribution in [2.75, 3.05) is 50.2 Å². The van der Waals surface area contributed by atoms with E-state index in [1.165, 1.54) is 28.8 Å². The Labute approximate surface area is 159 Å². The van der Waals surface area contributed by atoms with E-state index in [4.69, 9.17) is 4.74 Å². The molecule has 1 saturated heterocycles. The summed E-state index contributed by atoms with van der Waals surface area (Å²) in [5, 5.41) is 8.14. The van der Waals surface area contributed by atoms with Crippen LogP contribution in [0.1, 0.15) is 0 Å². The molecule has 0 spiro atoms. The lowest BCUT2D eigenvalue weighted by Gasteiger charge is -2.36. The second kappa shape index (κ2) is 8.77. The van der Waals surface area contributed by atoms with Crippen LogP contribution in [0, 0.1) is 0 Å². The van der Waals surface area contributed by atoms with E-state index in [1.807, 2.05) is 23.3 Å². The van der Waals surface area contributed by atoms with Crippen molar-refractivity contribution >= 4 is 46.5 Å². The number of ether oxygens (including phenoxy) is 1. The molecule has 1 aromatic carbocycles. The molecule has 25 heavy (non-hydrogen) atoms. The molecule has 0 bridgehead atoms. The number of methoxy groups -OCH3 is 1. The molecule has 1 aromatic heterocycles. The van der Waals surface area contributed by atoms with E-state index in [0.29, 0.717) is 5.75 Å². The molecule has 9 heteroatoms. The number of aromatic nitrogens is 2. The maximum atomic E-state index is 12.4. The predicted molar refractivity (Wildman–Crippen MR) is 104 cm³/mol. The largest absolute Gasteiger partial charge is 0.497 e. The second-order valence-corrected chi connectivity index (χ2v) is 8.65. The van der Waals surface area contributed by atoms with Crippen molar-refractivity contribution < 1.29 is 9.53 Å². The third-order valence-electron chi connectivity index (χ3n) is 3.95. The summed E-state index contributed by atoms with van der Waals surface area (Å²) in [6.45, 7) is 3.19. The molecule has 1 amide bonds. The number of thioether (sulfide) groups is 2. The fourth-order valence-corrected chi connectivity index (χ4v) is 4.90. The van der Waals surface area contributed by atoms with Crippen molar-refractivity contribution in [2.24, 2.45) is 0 Å². The Morgan fingerprint density at radius 2 is 1.84 bits per heavy atom. The number of nitrogens with zero attached hydrogens (tertiary/aromatic N) is 4. The number of anilines is 1. The van der Waals surface area contributed by atoms with E-state index in [0.717, 1.165) is 40.6 Å². The van der Waals surface area contributed by atoms with Crippen molar-refractivity contribution in [3.8, 4) is 5.75 Å². The molecule has 0 radical (unpaired) electrons. The van der Waals surface area contributed by atoms with E-state index in [1.54, 1.807) is 18.9 Å². The number of amides is 1. The van der Waals surface area contributed by atoms with Gasteiger partial charge in [-0.25, -0.2) is 0 Å². The minimum Gasteiger partial charge on any atom is -0.497 e. The van der Waals surface area contributed by atoms with Gasteiger partial charge < -0.3 is 14.5 Å². The highest BCUT2D eigenvalue weighted by Crippen LogP contribution is 2.27. The molecule has 1 fully saturated rings. The summed E-state index contributed by atoms with van der Waals surface area (Å²) in [7, 11) is 1.67. The van der Waals surface area contributed by atoms with Crippen LogP contribution in [0.15, 0.2) is 32.9 Å².